The molecule has 0 N–H and O–H groups in total. The van der Waals surface area contributed by atoms with Gasteiger partial charge in [-0.05, 0) is 44.5 Å². The minimum atomic E-state index is 0.703. The Hall–Kier alpha value is -2.74. The third-order valence-electron chi connectivity index (χ3n) is 5.11. The average Bonchev–Trinajstić information content (AvgIpc) is 3.06. The fourth-order valence-electron chi connectivity index (χ4n) is 3.53. The number of rotatable bonds is 5. The van der Waals surface area contributed by atoms with E-state index in [2.05, 4.69) is 31.9 Å². The van der Waals surface area contributed by atoms with Crippen LogP contribution in [0.5, 0.6) is 0 Å². The second-order valence-corrected chi connectivity index (χ2v) is 7.83. The number of aliphatic imine (C=N–C) groups is 1. The van der Waals surface area contributed by atoms with Gasteiger partial charge in [0.25, 0.3) is 0 Å². The second kappa shape index (κ2) is 7.48. The van der Waals surface area contributed by atoms with Crippen molar-refractivity contribution in [3.05, 3.63) is 39.9 Å². The number of thiazole rings is 1. The van der Waals surface area contributed by atoms with E-state index in [4.69, 9.17) is 10.5 Å². The number of hydrogen-bond donors (Lipinski definition) is 0. The number of aryl methyl sites for hydroxylation is 1. The van der Waals surface area contributed by atoms with Gasteiger partial charge in [0.05, 0.1) is 28.7 Å². The summed E-state index contributed by atoms with van der Waals surface area (Å²) in [4.78, 5) is 14.6. The molecule has 0 atom stereocenters. The van der Waals surface area contributed by atoms with Crippen molar-refractivity contribution in [3.63, 3.8) is 0 Å². The zero-order valence-corrected chi connectivity index (χ0v) is 16.1. The Kier molecular flexibility index (Phi) is 4.89. The molecule has 3 heterocycles. The van der Waals surface area contributed by atoms with Crippen molar-refractivity contribution in [1.82, 2.24) is 9.88 Å². The van der Waals surface area contributed by atoms with E-state index >= 15 is 0 Å². The summed E-state index contributed by atoms with van der Waals surface area (Å²) in [6.07, 6.45) is 2.03. The van der Waals surface area contributed by atoms with Gasteiger partial charge in [0.2, 0.25) is 0 Å². The van der Waals surface area contributed by atoms with Crippen molar-refractivity contribution in [1.29, 1.82) is 10.5 Å². The zero-order chi connectivity index (χ0) is 18.8. The van der Waals surface area contributed by atoms with Crippen LogP contribution in [0.1, 0.15) is 34.5 Å². The molecule has 2 aromatic rings. The Morgan fingerprint density at radius 2 is 1.96 bits per heavy atom. The normalized spacial score (nSPS) is 16.1. The number of fused-ring (bicyclic) bond motifs is 1. The van der Waals surface area contributed by atoms with Gasteiger partial charge in [0.1, 0.15) is 10.9 Å². The number of benzene rings is 1. The number of aromatic nitrogens is 1. The first-order valence-corrected chi connectivity index (χ1v) is 9.96. The molecule has 0 radical (unpaired) electrons. The van der Waals surface area contributed by atoms with E-state index in [-0.39, 0.29) is 0 Å². The molecule has 0 saturated carbocycles. The van der Waals surface area contributed by atoms with E-state index in [1.165, 1.54) is 11.3 Å². The lowest BCUT2D eigenvalue weighted by molar-refractivity contribution is 0.256. The summed E-state index contributed by atoms with van der Waals surface area (Å²) < 4.78 is 0. The second-order valence-electron chi connectivity index (χ2n) is 6.86. The molecule has 0 unspecified atom stereocenters. The highest BCUT2D eigenvalue weighted by atomic mass is 32.1. The Bertz CT molecular complexity index is 969. The molecule has 136 valence electrons. The predicted octanol–water partition coefficient (Wildman–Crippen LogP) is 3.23. The van der Waals surface area contributed by atoms with Crippen molar-refractivity contribution in [2.24, 2.45) is 4.99 Å². The molecule has 1 fully saturated rings. The number of hydrogen-bond acceptors (Lipinski definition) is 7. The van der Waals surface area contributed by atoms with Gasteiger partial charge in [0.15, 0.2) is 5.13 Å². The van der Waals surface area contributed by atoms with Crippen LogP contribution in [0.4, 0.5) is 10.8 Å². The van der Waals surface area contributed by atoms with Crippen LogP contribution in [-0.4, -0.2) is 48.3 Å². The standard InChI is InChI=1S/C20H20N6S/c1-14-19(13-22)27-20(23-14)26-9-7-25(8-10-26)6-2-3-17-16-11-15(12-21)4-5-18(16)24-17/h4-5,11H,2-3,6-10H2,1H3. The molecule has 0 bridgehead atoms. The predicted molar refractivity (Wildman–Crippen MR) is 107 cm³/mol. The van der Waals surface area contributed by atoms with E-state index in [0.717, 1.165) is 73.4 Å². The molecule has 27 heavy (non-hydrogen) atoms. The van der Waals surface area contributed by atoms with Gasteiger partial charge in [-0.1, -0.05) is 11.3 Å². The van der Waals surface area contributed by atoms with Crippen molar-refractivity contribution < 1.29 is 0 Å². The van der Waals surface area contributed by atoms with E-state index in [0.29, 0.717) is 10.4 Å². The Balaban J connectivity index is 1.23. The molecule has 0 spiro atoms. The summed E-state index contributed by atoms with van der Waals surface area (Å²) >= 11 is 1.49. The van der Waals surface area contributed by atoms with Gasteiger partial charge in [0, 0.05) is 31.7 Å². The molecule has 6 nitrogen and oxygen atoms in total. The first-order chi connectivity index (χ1) is 13.2. The maximum atomic E-state index is 9.10. The molecular formula is C20H20N6S. The van der Waals surface area contributed by atoms with E-state index in [1.54, 1.807) is 0 Å². The maximum Gasteiger partial charge on any atom is 0.186 e. The summed E-state index contributed by atoms with van der Waals surface area (Å²) in [5.41, 5.74) is 4.82. The Labute approximate surface area is 163 Å². The van der Waals surface area contributed by atoms with Gasteiger partial charge >= 0.3 is 0 Å². The highest BCUT2D eigenvalue weighted by Gasteiger charge is 2.22. The van der Waals surface area contributed by atoms with Gasteiger partial charge in [-0.2, -0.15) is 10.5 Å². The van der Waals surface area contributed by atoms with E-state index < -0.39 is 0 Å². The minimum Gasteiger partial charge on any atom is -0.345 e. The van der Waals surface area contributed by atoms with Crippen molar-refractivity contribution in [2.45, 2.75) is 19.8 Å². The van der Waals surface area contributed by atoms with Gasteiger partial charge in [-0.3, -0.25) is 9.89 Å². The fourth-order valence-corrected chi connectivity index (χ4v) is 4.45. The molecule has 2 aliphatic heterocycles. The smallest absolute Gasteiger partial charge is 0.186 e. The maximum absolute atomic E-state index is 9.10. The molecule has 2 aliphatic rings. The number of anilines is 1. The van der Waals surface area contributed by atoms with Crippen LogP contribution in [0.2, 0.25) is 0 Å². The lowest BCUT2D eigenvalue weighted by Gasteiger charge is -2.34. The number of nitrogens with zero attached hydrogens (tertiary/aromatic N) is 6. The van der Waals surface area contributed by atoms with Crippen molar-refractivity contribution in [2.75, 3.05) is 37.6 Å². The van der Waals surface area contributed by atoms with Crippen LogP contribution in [0.3, 0.4) is 0 Å². The average molecular weight is 376 g/mol. The monoisotopic (exact) mass is 376 g/mol. The highest BCUT2D eigenvalue weighted by Crippen LogP contribution is 2.32. The molecule has 0 aliphatic carbocycles. The quantitative estimate of drug-likeness (QED) is 0.800. The minimum absolute atomic E-state index is 0.703. The van der Waals surface area contributed by atoms with Crippen LogP contribution in [0.25, 0.3) is 0 Å². The highest BCUT2D eigenvalue weighted by molar-refractivity contribution is 7.16. The lowest BCUT2D eigenvalue weighted by atomic mass is 9.96. The molecule has 1 aromatic heterocycles. The van der Waals surface area contributed by atoms with Crippen LogP contribution < -0.4 is 4.90 Å². The van der Waals surface area contributed by atoms with Gasteiger partial charge in [-0.25, -0.2) is 4.98 Å². The van der Waals surface area contributed by atoms with Crippen molar-refractivity contribution in [3.8, 4) is 12.1 Å². The zero-order valence-electron chi connectivity index (χ0n) is 15.3. The third kappa shape index (κ3) is 3.57. The first-order valence-electron chi connectivity index (χ1n) is 9.15. The molecular weight excluding hydrogens is 356 g/mol. The van der Waals surface area contributed by atoms with Crippen LogP contribution in [0, 0.1) is 29.6 Å². The van der Waals surface area contributed by atoms with Crippen LogP contribution in [-0.2, 0) is 0 Å². The number of piperazine rings is 1. The van der Waals surface area contributed by atoms with Gasteiger partial charge < -0.3 is 4.90 Å². The Morgan fingerprint density at radius 3 is 2.67 bits per heavy atom. The Morgan fingerprint density at radius 1 is 1.15 bits per heavy atom. The first kappa shape index (κ1) is 17.7. The molecule has 1 aromatic carbocycles. The molecule has 0 amide bonds. The van der Waals surface area contributed by atoms with Crippen molar-refractivity contribution >= 4 is 27.9 Å². The molecule has 1 saturated heterocycles. The largest absolute Gasteiger partial charge is 0.345 e. The van der Waals surface area contributed by atoms with Gasteiger partial charge in [-0.15, -0.1) is 0 Å². The van der Waals surface area contributed by atoms with E-state index in [9.17, 15) is 0 Å². The number of nitriles is 2. The third-order valence-corrected chi connectivity index (χ3v) is 6.23. The lowest BCUT2D eigenvalue weighted by Crippen LogP contribution is -2.46. The summed E-state index contributed by atoms with van der Waals surface area (Å²) in [6, 6.07) is 10.1. The summed E-state index contributed by atoms with van der Waals surface area (Å²) in [5, 5.41) is 19.1. The molecule has 7 heteroatoms. The fraction of sp³-hybridized carbons (Fsp3) is 0.400. The summed E-state index contributed by atoms with van der Waals surface area (Å²) in [6.45, 7) is 6.89. The summed E-state index contributed by atoms with van der Waals surface area (Å²) in [5.74, 6) is 0. The van der Waals surface area contributed by atoms with E-state index in [1.807, 2.05) is 25.1 Å². The van der Waals surface area contributed by atoms with Crippen LogP contribution >= 0.6 is 11.3 Å². The SMILES string of the molecule is Cc1nc(N2CCN(CCCC3=Nc4ccc(C#N)cc43)CC2)sc1C#N. The topological polar surface area (TPSA) is 79.3 Å². The van der Waals surface area contributed by atoms with Crippen LogP contribution in [0.15, 0.2) is 23.2 Å². The molecule has 4 rings (SSSR count). The summed E-state index contributed by atoms with van der Waals surface area (Å²) in [7, 11) is 0.